The lowest BCUT2D eigenvalue weighted by Crippen LogP contribution is -2.25. The zero-order chi connectivity index (χ0) is 25.6. The highest BCUT2D eigenvalue weighted by atomic mass is 127. The van der Waals surface area contributed by atoms with Crippen molar-refractivity contribution in [2.75, 3.05) is 19.1 Å². The van der Waals surface area contributed by atoms with Gasteiger partial charge in [0.1, 0.15) is 27.9 Å². The molecule has 190 valence electrons. The lowest BCUT2D eigenvalue weighted by atomic mass is 9.78. The standard InChI is InChI=1S/C25H30ClI2N3O4/c1-16(11-26)14-35-23-9-6-18(10-21(23)27)25(2,3)17-4-7-20(8-5-17)34-15-19(33)12-31-22(13-32)24(28)29-30-31/h4-10,16,19,32-33H,11-15H2,1-3H3/t16-,19-/m0/s1. The third-order valence-electron chi connectivity index (χ3n) is 5.78. The SMILES string of the molecule is C[C@@H](CCl)COc1ccc(C(C)(C)c2ccc(OC[C@@H](O)Cn3nnc(I)c3CO)cc2)cc1I. The lowest BCUT2D eigenvalue weighted by molar-refractivity contribution is 0.0866. The summed E-state index contributed by atoms with van der Waals surface area (Å²) >= 11 is 10.2. The Morgan fingerprint density at radius 2 is 1.74 bits per heavy atom. The predicted molar refractivity (Wildman–Crippen MR) is 153 cm³/mol. The molecule has 0 spiro atoms. The van der Waals surface area contributed by atoms with E-state index in [0.29, 0.717) is 33.5 Å². The van der Waals surface area contributed by atoms with E-state index in [1.807, 2.05) is 52.9 Å². The van der Waals surface area contributed by atoms with Gasteiger partial charge in [-0.2, -0.15) is 0 Å². The summed E-state index contributed by atoms with van der Waals surface area (Å²) in [6.45, 7) is 7.15. The topological polar surface area (TPSA) is 89.6 Å². The highest BCUT2D eigenvalue weighted by Gasteiger charge is 2.24. The average molecular weight is 726 g/mol. The first-order valence-corrected chi connectivity index (χ1v) is 13.9. The average Bonchev–Trinajstić information content (AvgIpc) is 3.20. The van der Waals surface area contributed by atoms with Gasteiger partial charge in [0.2, 0.25) is 0 Å². The first kappa shape index (κ1) is 28.4. The Bertz CT molecular complexity index is 1110. The third-order valence-corrected chi connectivity index (χ3v) is 7.99. The molecule has 3 rings (SSSR count). The molecule has 3 aromatic rings. The summed E-state index contributed by atoms with van der Waals surface area (Å²) < 4.78 is 14.9. The monoisotopic (exact) mass is 725 g/mol. The molecule has 0 aliphatic carbocycles. The molecule has 2 N–H and O–H groups in total. The van der Waals surface area contributed by atoms with E-state index in [4.69, 9.17) is 21.1 Å². The smallest absolute Gasteiger partial charge is 0.149 e. The van der Waals surface area contributed by atoms with Crippen molar-refractivity contribution in [1.29, 1.82) is 0 Å². The third kappa shape index (κ3) is 7.43. The molecule has 0 aliphatic heterocycles. The van der Waals surface area contributed by atoms with E-state index in [1.54, 1.807) is 0 Å². The number of ether oxygens (including phenoxy) is 2. The van der Waals surface area contributed by atoms with Crippen LogP contribution in [0.1, 0.15) is 37.6 Å². The van der Waals surface area contributed by atoms with Gasteiger partial charge in [0.25, 0.3) is 0 Å². The number of aliphatic hydroxyl groups excluding tert-OH is 2. The minimum atomic E-state index is -0.788. The van der Waals surface area contributed by atoms with Crippen molar-refractivity contribution in [3.05, 3.63) is 66.6 Å². The van der Waals surface area contributed by atoms with E-state index >= 15 is 0 Å². The van der Waals surface area contributed by atoms with Crippen LogP contribution in [0.5, 0.6) is 11.5 Å². The molecular weight excluding hydrogens is 696 g/mol. The fraction of sp³-hybridized carbons (Fsp3) is 0.440. The maximum absolute atomic E-state index is 10.3. The summed E-state index contributed by atoms with van der Waals surface area (Å²) in [5.74, 6) is 2.42. The fourth-order valence-electron chi connectivity index (χ4n) is 3.47. The van der Waals surface area contributed by atoms with Crippen LogP contribution in [0.15, 0.2) is 42.5 Å². The molecule has 0 saturated carbocycles. The molecule has 0 saturated heterocycles. The Hall–Kier alpha value is -1.15. The number of aromatic nitrogens is 3. The summed E-state index contributed by atoms with van der Waals surface area (Å²) in [5.41, 5.74) is 2.70. The molecule has 2 atom stereocenters. The van der Waals surface area contributed by atoms with Gasteiger partial charge in [0.05, 0.1) is 29.0 Å². The van der Waals surface area contributed by atoms with Crippen LogP contribution < -0.4 is 9.47 Å². The molecule has 0 amide bonds. The van der Waals surface area contributed by atoms with Crippen LogP contribution >= 0.6 is 56.8 Å². The van der Waals surface area contributed by atoms with Crippen molar-refractivity contribution in [3.63, 3.8) is 0 Å². The number of aliphatic hydroxyl groups is 2. The van der Waals surface area contributed by atoms with Crippen molar-refractivity contribution < 1.29 is 19.7 Å². The van der Waals surface area contributed by atoms with Crippen LogP contribution in [-0.2, 0) is 18.6 Å². The Kier molecular flexibility index (Phi) is 10.5. The van der Waals surface area contributed by atoms with E-state index in [2.05, 4.69) is 65.8 Å². The first-order chi connectivity index (χ1) is 16.6. The predicted octanol–water partition coefficient (Wildman–Crippen LogP) is 5.00. The largest absolute Gasteiger partial charge is 0.492 e. The van der Waals surface area contributed by atoms with Crippen LogP contribution in [0.3, 0.4) is 0 Å². The number of halogens is 3. The second-order valence-electron chi connectivity index (χ2n) is 9.00. The van der Waals surface area contributed by atoms with Gasteiger partial charge in [-0.15, -0.1) is 16.7 Å². The zero-order valence-corrected chi connectivity index (χ0v) is 25.0. The van der Waals surface area contributed by atoms with Crippen molar-refractivity contribution in [2.24, 2.45) is 5.92 Å². The van der Waals surface area contributed by atoms with E-state index < -0.39 is 6.10 Å². The molecule has 10 heteroatoms. The van der Waals surface area contributed by atoms with Crippen LogP contribution in [-0.4, -0.2) is 50.4 Å². The molecule has 0 unspecified atom stereocenters. The van der Waals surface area contributed by atoms with Crippen LogP contribution in [0.25, 0.3) is 0 Å². The second-order valence-corrected chi connectivity index (χ2v) is 11.5. The second kappa shape index (κ2) is 12.9. The summed E-state index contributed by atoms with van der Waals surface area (Å²) in [4.78, 5) is 0. The van der Waals surface area contributed by atoms with E-state index in [-0.39, 0.29) is 25.2 Å². The van der Waals surface area contributed by atoms with Gasteiger partial charge < -0.3 is 19.7 Å². The van der Waals surface area contributed by atoms with E-state index in [0.717, 1.165) is 14.9 Å². The number of hydrogen-bond acceptors (Lipinski definition) is 6. The van der Waals surface area contributed by atoms with Crippen molar-refractivity contribution in [3.8, 4) is 11.5 Å². The van der Waals surface area contributed by atoms with Crippen LogP contribution in [0.4, 0.5) is 0 Å². The van der Waals surface area contributed by atoms with Crippen LogP contribution in [0.2, 0.25) is 0 Å². The Balaban J connectivity index is 1.61. The number of alkyl halides is 1. The minimum absolute atomic E-state index is 0.103. The Labute approximate surface area is 238 Å². The van der Waals surface area contributed by atoms with E-state index in [1.165, 1.54) is 10.2 Å². The highest BCUT2D eigenvalue weighted by molar-refractivity contribution is 14.1. The summed E-state index contributed by atoms with van der Waals surface area (Å²) in [5, 5.41) is 27.7. The quantitative estimate of drug-likeness (QED) is 0.202. The van der Waals surface area contributed by atoms with Gasteiger partial charge >= 0.3 is 0 Å². The summed E-state index contributed by atoms with van der Waals surface area (Å²) in [6.07, 6.45) is -0.788. The molecule has 1 aromatic heterocycles. The number of nitrogens with zero attached hydrogens (tertiary/aromatic N) is 3. The van der Waals surface area contributed by atoms with E-state index in [9.17, 15) is 10.2 Å². The molecule has 2 aromatic carbocycles. The number of benzene rings is 2. The summed E-state index contributed by atoms with van der Waals surface area (Å²) in [6, 6.07) is 14.2. The molecule has 1 heterocycles. The Morgan fingerprint density at radius 1 is 1.06 bits per heavy atom. The normalized spacial score (nSPS) is 13.5. The first-order valence-electron chi connectivity index (χ1n) is 11.2. The molecule has 0 aliphatic rings. The highest BCUT2D eigenvalue weighted by Crippen LogP contribution is 2.35. The fourth-order valence-corrected chi connectivity index (χ4v) is 4.77. The molecule has 0 fully saturated rings. The molecule has 35 heavy (non-hydrogen) atoms. The van der Waals surface area contributed by atoms with Gasteiger partial charge in [-0.3, -0.25) is 0 Å². The summed E-state index contributed by atoms with van der Waals surface area (Å²) in [7, 11) is 0. The van der Waals surface area contributed by atoms with Crippen molar-refractivity contribution in [2.45, 2.75) is 45.4 Å². The lowest BCUT2D eigenvalue weighted by Gasteiger charge is -2.27. The minimum Gasteiger partial charge on any atom is -0.492 e. The van der Waals surface area contributed by atoms with Gasteiger partial charge in [0, 0.05) is 17.2 Å². The van der Waals surface area contributed by atoms with Gasteiger partial charge in [0.15, 0.2) is 0 Å². The Morgan fingerprint density at radius 3 is 2.37 bits per heavy atom. The maximum Gasteiger partial charge on any atom is 0.149 e. The molecular formula is C25H30ClI2N3O4. The maximum atomic E-state index is 10.3. The molecule has 0 bridgehead atoms. The van der Waals surface area contributed by atoms with Gasteiger partial charge in [-0.25, -0.2) is 4.68 Å². The molecule has 7 nitrogen and oxygen atoms in total. The van der Waals surface area contributed by atoms with Gasteiger partial charge in [-0.05, 0) is 80.6 Å². The number of rotatable bonds is 12. The van der Waals surface area contributed by atoms with Gasteiger partial charge in [-0.1, -0.05) is 44.2 Å². The van der Waals surface area contributed by atoms with Crippen LogP contribution in [0, 0.1) is 13.2 Å². The molecule has 0 radical (unpaired) electrons. The van der Waals surface area contributed by atoms with Crippen molar-refractivity contribution in [1.82, 2.24) is 15.0 Å². The number of hydrogen-bond donors (Lipinski definition) is 2. The zero-order valence-electron chi connectivity index (χ0n) is 19.9. The van der Waals surface area contributed by atoms with Crippen molar-refractivity contribution >= 4 is 56.8 Å².